The summed E-state index contributed by atoms with van der Waals surface area (Å²) in [6, 6.07) is 19.1. The highest BCUT2D eigenvalue weighted by Crippen LogP contribution is 2.33. The topological polar surface area (TPSA) is 109 Å². The molecule has 1 amide bonds. The number of nitriles is 1. The summed E-state index contributed by atoms with van der Waals surface area (Å²) in [5.74, 6) is -0.748. The first-order valence-electron chi connectivity index (χ1n) is 10.4. The van der Waals surface area contributed by atoms with E-state index in [1.165, 1.54) is 25.3 Å². The lowest BCUT2D eigenvalue weighted by atomic mass is 10.1. The van der Waals surface area contributed by atoms with Crippen LogP contribution in [-0.2, 0) is 11.4 Å². The van der Waals surface area contributed by atoms with Gasteiger partial charge in [0.25, 0.3) is 5.91 Å². The van der Waals surface area contributed by atoms with Crippen LogP contribution in [0, 0.1) is 25.2 Å². The second-order valence-corrected chi connectivity index (χ2v) is 7.61. The van der Waals surface area contributed by atoms with Crippen molar-refractivity contribution >= 4 is 23.6 Å². The Kier molecular flexibility index (Phi) is 7.67. The molecule has 0 bridgehead atoms. The van der Waals surface area contributed by atoms with Crippen LogP contribution in [0.4, 0.5) is 5.69 Å². The van der Waals surface area contributed by atoms with E-state index in [2.05, 4.69) is 5.32 Å². The molecule has 0 fully saturated rings. The van der Waals surface area contributed by atoms with Crippen LogP contribution in [0.15, 0.2) is 66.2 Å². The Balaban J connectivity index is 1.86. The fourth-order valence-electron chi connectivity index (χ4n) is 3.31. The second kappa shape index (κ2) is 10.8. The molecule has 3 aromatic carbocycles. The Hall–Kier alpha value is -4.57. The molecule has 0 aliphatic heterocycles. The molecule has 0 aliphatic rings. The number of amides is 1. The molecule has 0 saturated heterocycles. The minimum Gasteiger partial charge on any atom is -0.493 e. The van der Waals surface area contributed by atoms with Crippen molar-refractivity contribution in [2.24, 2.45) is 0 Å². The number of carboxylic acids is 1. The number of rotatable bonds is 8. The van der Waals surface area contributed by atoms with E-state index in [0.29, 0.717) is 22.7 Å². The predicted molar refractivity (Wildman–Crippen MR) is 129 cm³/mol. The van der Waals surface area contributed by atoms with Gasteiger partial charge in [-0.3, -0.25) is 4.79 Å². The van der Waals surface area contributed by atoms with Crippen LogP contribution in [0.5, 0.6) is 11.5 Å². The molecule has 3 rings (SSSR count). The van der Waals surface area contributed by atoms with Gasteiger partial charge in [-0.2, -0.15) is 5.26 Å². The lowest BCUT2D eigenvalue weighted by Crippen LogP contribution is -2.14. The van der Waals surface area contributed by atoms with Crippen molar-refractivity contribution in [1.29, 1.82) is 5.26 Å². The molecule has 0 heterocycles. The third-order valence-corrected chi connectivity index (χ3v) is 5.11. The predicted octanol–water partition coefficient (Wildman–Crippen LogP) is 5.13. The lowest BCUT2D eigenvalue weighted by molar-refractivity contribution is -0.112. The van der Waals surface area contributed by atoms with Crippen LogP contribution in [0.3, 0.4) is 0 Å². The minimum absolute atomic E-state index is 0.0936. The molecular formula is C27H24N2O5. The minimum atomic E-state index is -1.01. The number of nitrogens with zero attached hydrogens (tertiary/aromatic N) is 1. The van der Waals surface area contributed by atoms with Gasteiger partial charge in [-0.15, -0.1) is 0 Å². The van der Waals surface area contributed by atoms with Crippen molar-refractivity contribution in [3.8, 4) is 17.6 Å². The van der Waals surface area contributed by atoms with Gasteiger partial charge in [0.05, 0.1) is 12.7 Å². The number of hydrogen-bond donors (Lipinski definition) is 2. The van der Waals surface area contributed by atoms with Gasteiger partial charge in [0.15, 0.2) is 11.5 Å². The van der Waals surface area contributed by atoms with Gasteiger partial charge >= 0.3 is 5.97 Å². The molecular weight excluding hydrogens is 432 g/mol. The lowest BCUT2D eigenvalue weighted by Gasteiger charge is -2.14. The van der Waals surface area contributed by atoms with Crippen molar-refractivity contribution in [1.82, 2.24) is 0 Å². The SMILES string of the molecule is COc1cccc(/C=C(/C#N)C(=O)Nc2ccc(C)cc2C)c1OCc1ccc(C(=O)O)cc1. The molecule has 0 radical (unpaired) electrons. The van der Waals surface area contributed by atoms with Crippen molar-refractivity contribution in [2.45, 2.75) is 20.5 Å². The van der Waals surface area contributed by atoms with Crippen molar-refractivity contribution < 1.29 is 24.2 Å². The van der Waals surface area contributed by atoms with Crippen molar-refractivity contribution in [3.63, 3.8) is 0 Å². The quantitative estimate of drug-likeness (QED) is 0.359. The Labute approximate surface area is 197 Å². The maximum atomic E-state index is 12.8. The molecule has 0 unspecified atom stereocenters. The molecule has 0 aliphatic carbocycles. The fourth-order valence-corrected chi connectivity index (χ4v) is 3.31. The Morgan fingerprint density at radius 2 is 1.82 bits per heavy atom. The van der Waals surface area contributed by atoms with Gasteiger partial charge in [-0.25, -0.2) is 4.79 Å². The molecule has 0 saturated carbocycles. The van der Waals surface area contributed by atoms with E-state index in [4.69, 9.17) is 14.6 Å². The number of aryl methyl sites for hydroxylation is 2. The summed E-state index contributed by atoms with van der Waals surface area (Å²) in [6.07, 6.45) is 1.45. The van der Waals surface area contributed by atoms with Gasteiger partial charge in [0.1, 0.15) is 18.2 Å². The van der Waals surface area contributed by atoms with Crippen molar-refractivity contribution in [2.75, 3.05) is 12.4 Å². The van der Waals surface area contributed by atoms with E-state index in [-0.39, 0.29) is 17.7 Å². The highest BCUT2D eigenvalue weighted by molar-refractivity contribution is 6.10. The molecule has 0 atom stereocenters. The molecule has 172 valence electrons. The number of carboxylic acid groups (broad SMARTS) is 1. The Morgan fingerprint density at radius 1 is 1.09 bits per heavy atom. The maximum Gasteiger partial charge on any atom is 0.335 e. The standard InChI is InChI=1S/C27H24N2O5/c1-17-7-12-23(18(2)13-17)29-26(30)22(15-28)14-21-5-4-6-24(33-3)25(21)34-16-19-8-10-20(11-9-19)27(31)32/h4-14H,16H2,1-3H3,(H,29,30)(H,31,32)/b22-14-. The number of anilines is 1. The molecule has 7 nitrogen and oxygen atoms in total. The molecule has 0 aromatic heterocycles. The molecule has 0 spiro atoms. The van der Waals surface area contributed by atoms with Crippen LogP contribution < -0.4 is 14.8 Å². The van der Waals surface area contributed by atoms with Crippen LogP contribution in [0.25, 0.3) is 6.08 Å². The van der Waals surface area contributed by atoms with E-state index in [0.717, 1.165) is 16.7 Å². The highest BCUT2D eigenvalue weighted by Gasteiger charge is 2.15. The van der Waals surface area contributed by atoms with Crippen LogP contribution >= 0.6 is 0 Å². The largest absolute Gasteiger partial charge is 0.493 e. The van der Waals surface area contributed by atoms with Crippen LogP contribution in [0.1, 0.15) is 32.6 Å². The summed E-state index contributed by atoms with van der Waals surface area (Å²) in [5.41, 5.74) is 3.92. The van der Waals surface area contributed by atoms with E-state index < -0.39 is 11.9 Å². The van der Waals surface area contributed by atoms with Gasteiger partial charge in [-0.1, -0.05) is 42.0 Å². The van der Waals surface area contributed by atoms with Crippen LogP contribution in [0.2, 0.25) is 0 Å². The number of nitrogens with one attached hydrogen (secondary N) is 1. The molecule has 34 heavy (non-hydrogen) atoms. The Morgan fingerprint density at radius 3 is 2.44 bits per heavy atom. The third-order valence-electron chi connectivity index (χ3n) is 5.11. The maximum absolute atomic E-state index is 12.8. The number of methoxy groups -OCH3 is 1. The third kappa shape index (κ3) is 5.81. The number of carbonyl (C=O) groups excluding carboxylic acids is 1. The summed E-state index contributed by atoms with van der Waals surface area (Å²) in [5, 5.41) is 21.5. The molecule has 7 heteroatoms. The Bertz CT molecular complexity index is 1290. The fraction of sp³-hybridized carbons (Fsp3) is 0.148. The number of para-hydroxylation sites is 1. The molecule has 3 aromatic rings. The van der Waals surface area contributed by atoms with Gasteiger partial charge in [0, 0.05) is 11.3 Å². The van der Waals surface area contributed by atoms with E-state index in [9.17, 15) is 14.9 Å². The summed E-state index contributed by atoms with van der Waals surface area (Å²) >= 11 is 0. The first kappa shape index (κ1) is 24.1. The van der Waals surface area contributed by atoms with Gasteiger partial charge in [-0.05, 0) is 55.3 Å². The summed E-state index contributed by atoms with van der Waals surface area (Å²) in [4.78, 5) is 23.8. The zero-order valence-corrected chi connectivity index (χ0v) is 19.1. The number of ether oxygens (including phenoxy) is 2. The monoisotopic (exact) mass is 456 g/mol. The number of hydrogen-bond acceptors (Lipinski definition) is 5. The normalized spacial score (nSPS) is 10.8. The van der Waals surface area contributed by atoms with E-state index in [1.807, 2.05) is 32.0 Å². The number of benzene rings is 3. The average molecular weight is 456 g/mol. The van der Waals surface area contributed by atoms with Crippen LogP contribution in [-0.4, -0.2) is 24.1 Å². The zero-order valence-electron chi connectivity index (χ0n) is 19.1. The highest BCUT2D eigenvalue weighted by atomic mass is 16.5. The number of carbonyl (C=O) groups is 2. The van der Waals surface area contributed by atoms with E-state index >= 15 is 0 Å². The smallest absolute Gasteiger partial charge is 0.335 e. The average Bonchev–Trinajstić information content (AvgIpc) is 2.83. The van der Waals surface area contributed by atoms with Crippen molar-refractivity contribution in [3.05, 3.63) is 94.1 Å². The first-order chi connectivity index (χ1) is 16.3. The van der Waals surface area contributed by atoms with Gasteiger partial charge < -0.3 is 19.9 Å². The summed E-state index contributed by atoms with van der Waals surface area (Å²) in [6.45, 7) is 3.98. The zero-order chi connectivity index (χ0) is 24.7. The number of aromatic carboxylic acids is 1. The second-order valence-electron chi connectivity index (χ2n) is 7.61. The summed E-state index contributed by atoms with van der Waals surface area (Å²) < 4.78 is 11.4. The summed E-state index contributed by atoms with van der Waals surface area (Å²) in [7, 11) is 1.50. The van der Waals surface area contributed by atoms with E-state index in [1.54, 1.807) is 36.4 Å². The first-order valence-corrected chi connectivity index (χ1v) is 10.4. The molecule has 2 N–H and O–H groups in total. The van der Waals surface area contributed by atoms with Gasteiger partial charge in [0.2, 0.25) is 0 Å².